The second-order valence-corrected chi connectivity index (χ2v) is 5.57. The summed E-state index contributed by atoms with van der Waals surface area (Å²) >= 11 is 3.41. The van der Waals surface area contributed by atoms with Gasteiger partial charge in [0.1, 0.15) is 5.75 Å². The van der Waals surface area contributed by atoms with E-state index in [0.717, 1.165) is 29.5 Å². The zero-order valence-electron chi connectivity index (χ0n) is 9.79. The molecule has 1 fully saturated rings. The summed E-state index contributed by atoms with van der Waals surface area (Å²) < 4.78 is 6.71. The van der Waals surface area contributed by atoms with Crippen molar-refractivity contribution in [2.75, 3.05) is 6.61 Å². The first-order valence-corrected chi connectivity index (χ1v) is 6.83. The highest BCUT2D eigenvalue weighted by molar-refractivity contribution is 9.10. The summed E-state index contributed by atoms with van der Waals surface area (Å²) in [7, 11) is 0. The monoisotopic (exact) mass is 293 g/mol. The number of ether oxygens (including phenoxy) is 1. The molecule has 0 bridgehead atoms. The van der Waals surface area contributed by atoms with E-state index in [1.54, 1.807) is 0 Å². The van der Waals surface area contributed by atoms with E-state index < -0.39 is 0 Å². The van der Waals surface area contributed by atoms with Crippen LogP contribution in [0.4, 0.5) is 0 Å². The standard InChI is InChI=1S/C14H16BrNO/c15-12-4-3-5-13(10-12)17-9-8-14(11-16)6-1-2-7-14/h3-5,10H,1-2,6-9H2. The zero-order valence-corrected chi connectivity index (χ0v) is 11.4. The molecule has 90 valence electrons. The minimum absolute atomic E-state index is 0.119. The predicted molar refractivity (Wildman–Crippen MR) is 70.8 cm³/mol. The van der Waals surface area contributed by atoms with E-state index in [2.05, 4.69) is 22.0 Å². The molecule has 17 heavy (non-hydrogen) atoms. The number of benzene rings is 1. The summed E-state index contributed by atoms with van der Waals surface area (Å²) in [5, 5.41) is 9.24. The minimum Gasteiger partial charge on any atom is -0.493 e. The van der Waals surface area contributed by atoms with Gasteiger partial charge in [0.25, 0.3) is 0 Å². The molecule has 0 radical (unpaired) electrons. The number of hydrogen-bond donors (Lipinski definition) is 0. The van der Waals surface area contributed by atoms with Crippen LogP contribution in [0.25, 0.3) is 0 Å². The molecule has 2 rings (SSSR count). The summed E-state index contributed by atoms with van der Waals surface area (Å²) in [5.41, 5.74) is -0.119. The molecule has 0 unspecified atom stereocenters. The van der Waals surface area contributed by atoms with Crippen LogP contribution in [0.3, 0.4) is 0 Å². The van der Waals surface area contributed by atoms with E-state index in [1.807, 2.05) is 24.3 Å². The lowest BCUT2D eigenvalue weighted by atomic mass is 9.85. The van der Waals surface area contributed by atoms with Gasteiger partial charge in [-0.1, -0.05) is 34.8 Å². The van der Waals surface area contributed by atoms with Gasteiger partial charge in [-0.05, 0) is 31.0 Å². The van der Waals surface area contributed by atoms with Gasteiger partial charge >= 0.3 is 0 Å². The second kappa shape index (κ2) is 5.55. The number of rotatable bonds is 4. The van der Waals surface area contributed by atoms with Crippen molar-refractivity contribution in [1.82, 2.24) is 0 Å². The lowest BCUT2D eigenvalue weighted by molar-refractivity contribution is 0.244. The van der Waals surface area contributed by atoms with Gasteiger partial charge in [0.05, 0.1) is 18.1 Å². The third kappa shape index (κ3) is 3.23. The van der Waals surface area contributed by atoms with Gasteiger partial charge in [0, 0.05) is 10.9 Å². The van der Waals surface area contributed by atoms with Crippen molar-refractivity contribution in [3.8, 4) is 11.8 Å². The van der Waals surface area contributed by atoms with Crippen LogP contribution in [0.15, 0.2) is 28.7 Å². The number of halogens is 1. The van der Waals surface area contributed by atoms with Crippen molar-refractivity contribution in [2.24, 2.45) is 5.41 Å². The average Bonchev–Trinajstić information content (AvgIpc) is 2.79. The Morgan fingerprint density at radius 2 is 2.12 bits per heavy atom. The fourth-order valence-corrected chi connectivity index (χ4v) is 2.77. The number of hydrogen-bond acceptors (Lipinski definition) is 2. The highest BCUT2D eigenvalue weighted by Gasteiger charge is 2.33. The van der Waals surface area contributed by atoms with Crippen LogP contribution >= 0.6 is 15.9 Å². The number of nitrogens with zero attached hydrogens (tertiary/aromatic N) is 1. The summed E-state index contributed by atoms with van der Waals surface area (Å²) in [6, 6.07) is 10.3. The van der Waals surface area contributed by atoms with E-state index in [4.69, 9.17) is 4.74 Å². The largest absolute Gasteiger partial charge is 0.493 e. The first-order valence-electron chi connectivity index (χ1n) is 6.04. The lowest BCUT2D eigenvalue weighted by Crippen LogP contribution is -2.17. The minimum atomic E-state index is -0.119. The maximum atomic E-state index is 9.24. The van der Waals surface area contributed by atoms with Crippen molar-refractivity contribution in [2.45, 2.75) is 32.1 Å². The molecule has 0 N–H and O–H groups in total. The fourth-order valence-electron chi connectivity index (χ4n) is 2.39. The molecule has 1 saturated carbocycles. The molecule has 2 nitrogen and oxygen atoms in total. The SMILES string of the molecule is N#CC1(CCOc2cccc(Br)c2)CCCC1. The topological polar surface area (TPSA) is 33.0 Å². The van der Waals surface area contributed by atoms with Gasteiger partial charge in [-0.15, -0.1) is 0 Å². The predicted octanol–water partition coefficient (Wildman–Crippen LogP) is 4.30. The van der Waals surface area contributed by atoms with E-state index in [-0.39, 0.29) is 5.41 Å². The third-order valence-electron chi connectivity index (χ3n) is 3.44. The molecule has 0 atom stereocenters. The van der Waals surface area contributed by atoms with Gasteiger partial charge < -0.3 is 4.74 Å². The van der Waals surface area contributed by atoms with Crippen molar-refractivity contribution >= 4 is 15.9 Å². The molecule has 0 aromatic heterocycles. The van der Waals surface area contributed by atoms with Gasteiger partial charge in [-0.25, -0.2) is 0 Å². The average molecular weight is 294 g/mol. The quantitative estimate of drug-likeness (QED) is 0.829. The Labute approximate surface area is 111 Å². The normalized spacial score (nSPS) is 17.6. The van der Waals surface area contributed by atoms with Gasteiger partial charge in [-0.2, -0.15) is 5.26 Å². The van der Waals surface area contributed by atoms with Crippen LogP contribution in [-0.4, -0.2) is 6.61 Å². The second-order valence-electron chi connectivity index (χ2n) is 4.66. The first-order chi connectivity index (χ1) is 8.24. The summed E-state index contributed by atoms with van der Waals surface area (Å²) in [6.45, 7) is 0.629. The van der Waals surface area contributed by atoms with Crippen LogP contribution in [0.5, 0.6) is 5.75 Å². The Kier molecular flexibility index (Phi) is 4.06. The lowest BCUT2D eigenvalue weighted by Gasteiger charge is -2.19. The Morgan fingerprint density at radius 1 is 1.35 bits per heavy atom. The summed E-state index contributed by atoms with van der Waals surface area (Å²) in [5.74, 6) is 0.866. The van der Waals surface area contributed by atoms with Crippen molar-refractivity contribution in [3.05, 3.63) is 28.7 Å². The van der Waals surface area contributed by atoms with Crippen LogP contribution in [0, 0.1) is 16.7 Å². The highest BCUT2D eigenvalue weighted by Crippen LogP contribution is 2.40. The Morgan fingerprint density at radius 3 is 2.76 bits per heavy atom. The van der Waals surface area contributed by atoms with Crippen LogP contribution in [0.1, 0.15) is 32.1 Å². The summed E-state index contributed by atoms with van der Waals surface area (Å²) in [4.78, 5) is 0. The molecule has 1 aromatic carbocycles. The van der Waals surface area contributed by atoms with E-state index in [0.29, 0.717) is 6.61 Å². The molecule has 3 heteroatoms. The third-order valence-corrected chi connectivity index (χ3v) is 3.94. The van der Waals surface area contributed by atoms with Crippen LogP contribution < -0.4 is 4.74 Å². The van der Waals surface area contributed by atoms with E-state index >= 15 is 0 Å². The van der Waals surface area contributed by atoms with Crippen molar-refractivity contribution in [1.29, 1.82) is 5.26 Å². The van der Waals surface area contributed by atoms with Crippen molar-refractivity contribution in [3.63, 3.8) is 0 Å². The first kappa shape index (κ1) is 12.4. The Hall–Kier alpha value is -1.01. The molecular weight excluding hydrogens is 278 g/mol. The molecule has 1 aliphatic carbocycles. The number of nitriles is 1. The Balaban J connectivity index is 1.85. The molecule has 1 aliphatic rings. The molecule has 0 spiro atoms. The Bertz CT molecular complexity index is 418. The van der Waals surface area contributed by atoms with Crippen LogP contribution in [0.2, 0.25) is 0 Å². The molecule has 0 heterocycles. The van der Waals surface area contributed by atoms with Gasteiger partial charge in [0.2, 0.25) is 0 Å². The van der Waals surface area contributed by atoms with Gasteiger partial charge in [0.15, 0.2) is 0 Å². The molecule has 0 saturated heterocycles. The van der Waals surface area contributed by atoms with Gasteiger partial charge in [-0.3, -0.25) is 0 Å². The van der Waals surface area contributed by atoms with E-state index in [1.165, 1.54) is 12.8 Å². The van der Waals surface area contributed by atoms with E-state index in [9.17, 15) is 5.26 Å². The fraction of sp³-hybridized carbons (Fsp3) is 0.500. The summed E-state index contributed by atoms with van der Waals surface area (Å²) in [6.07, 6.45) is 5.28. The highest BCUT2D eigenvalue weighted by atomic mass is 79.9. The maximum Gasteiger partial charge on any atom is 0.120 e. The molecule has 0 amide bonds. The smallest absolute Gasteiger partial charge is 0.120 e. The van der Waals surface area contributed by atoms with Crippen molar-refractivity contribution < 1.29 is 4.74 Å². The molecular formula is C14H16BrNO. The van der Waals surface area contributed by atoms with Crippen LogP contribution in [-0.2, 0) is 0 Å². The zero-order chi connectivity index (χ0) is 12.1. The molecule has 1 aromatic rings. The molecule has 0 aliphatic heterocycles. The maximum absolute atomic E-state index is 9.24.